The van der Waals surface area contributed by atoms with E-state index in [-0.39, 0.29) is 59.6 Å². The van der Waals surface area contributed by atoms with E-state index in [9.17, 15) is 87.2 Å². The number of alkyl halides is 18. The van der Waals surface area contributed by atoms with E-state index in [4.69, 9.17) is 18.9 Å². The highest BCUT2D eigenvalue weighted by Crippen LogP contribution is 2.57. The molecule has 82 heavy (non-hydrogen) atoms. The number of anilines is 2. The van der Waals surface area contributed by atoms with Crippen molar-refractivity contribution < 1.29 is 132 Å². The zero-order valence-corrected chi connectivity index (χ0v) is 40.5. The zero-order valence-electron chi connectivity index (χ0n) is 40.5. The van der Waals surface area contributed by atoms with Crippen LogP contribution in [0, 0.1) is 0 Å². The van der Waals surface area contributed by atoms with Gasteiger partial charge in [0.05, 0.1) is 16.7 Å². The molecule has 0 aliphatic heterocycles. The maximum Gasteiger partial charge on any atom is 0.430 e. The van der Waals surface area contributed by atoms with Crippen LogP contribution >= 0.6 is 0 Å². The van der Waals surface area contributed by atoms with Gasteiger partial charge in [-0.15, -0.1) is 0 Å². The Morgan fingerprint density at radius 1 is 0.439 bits per heavy atom. The first-order valence-corrected chi connectivity index (χ1v) is 22.2. The minimum Gasteiger partial charge on any atom is -0.478 e. The fourth-order valence-corrected chi connectivity index (χ4v) is 8.02. The molecule has 0 radical (unpaired) electrons. The van der Waals surface area contributed by atoms with Crippen molar-refractivity contribution in [3.63, 3.8) is 0 Å². The lowest BCUT2D eigenvalue weighted by Crippen LogP contribution is -2.54. The molecular formula is C51H32F18N2O11. The van der Waals surface area contributed by atoms with Gasteiger partial charge in [0.1, 0.15) is 40.2 Å². The topological polar surface area (TPSA) is 190 Å². The summed E-state index contributed by atoms with van der Waals surface area (Å²) >= 11 is 0. The summed E-state index contributed by atoms with van der Waals surface area (Å²) in [6.45, 7) is 1.10. The van der Waals surface area contributed by atoms with Gasteiger partial charge in [0, 0.05) is 41.7 Å². The number of hydrogen-bond donors (Lipinski definition) is 5. The number of hydrogen-bond acceptors (Lipinski definition) is 11. The van der Waals surface area contributed by atoms with Crippen molar-refractivity contribution in [1.29, 1.82) is 0 Å². The summed E-state index contributed by atoms with van der Waals surface area (Å²) in [4.78, 5) is 48.9. The first-order chi connectivity index (χ1) is 37.6. The molecule has 0 saturated carbocycles. The molecule has 0 aliphatic rings. The Kier molecular flexibility index (Phi) is 16.7. The molecule has 1 amide bonds. The molecule has 6 aromatic rings. The number of aromatic carboxylic acids is 1. The summed E-state index contributed by atoms with van der Waals surface area (Å²) in [5, 5.41) is 34.0. The van der Waals surface area contributed by atoms with E-state index < -0.39 is 139 Å². The molecule has 0 spiro atoms. The summed E-state index contributed by atoms with van der Waals surface area (Å²) < 4.78 is 280. The van der Waals surface area contributed by atoms with Gasteiger partial charge in [-0.2, -0.15) is 79.0 Å². The molecular weight excluding hydrogens is 1160 g/mol. The summed E-state index contributed by atoms with van der Waals surface area (Å²) in [6, 6.07) is 9.59. The van der Waals surface area contributed by atoms with Gasteiger partial charge < -0.3 is 44.9 Å². The average Bonchev–Trinajstić information content (AvgIpc) is 1.41. The van der Waals surface area contributed by atoms with Gasteiger partial charge in [-0.1, -0.05) is 24.3 Å². The van der Waals surface area contributed by atoms with E-state index in [1.54, 1.807) is 5.32 Å². The predicted molar refractivity (Wildman–Crippen MR) is 245 cm³/mol. The highest BCUT2D eigenvalue weighted by atomic mass is 19.4. The van der Waals surface area contributed by atoms with E-state index in [0.717, 1.165) is 50.4 Å². The fraction of sp³-hybridized carbons (Fsp3) is 0.216. The quantitative estimate of drug-likeness (QED) is 0.0331. The van der Waals surface area contributed by atoms with Crippen LogP contribution < -0.4 is 29.6 Å². The first kappa shape index (κ1) is 62.5. The van der Waals surface area contributed by atoms with Crippen LogP contribution in [0.4, 0.5) is 90.4 Å². The van der Waals surface area contributed by atoms with Crippen LogP contribution in [0.5, 0.6) is 40.2 Å². The van der Waals surface area contributed by atoms with Crippen molar-refractivity contribution in [3.8, 4) is 40.2 Å². The maximum atomic E-state index is 15.1. The number of carbonyl (C=O) groups is 4. The molecule has 0 aromatic heterocycles. The molecule has 438 valence electrons. The number of amides is 1. The van der Waals surface area contributed by atoms with Crippen LogP contribution in [0.15, 0.2) is 121 Å². The Morgan fingerprint density at radius 3 is 1.20 bits per heavy atom. The Hall–Kier alpha value is -8.74. The normalized spacial score (nSPS) is 13.0. The third-order valence-electron chi connectivity index (χ3n) is 11.9. The lowest BCUT2D eigenvalue weighted by atomic mass is 9.73. The molecule has 0 heterocycles. The smallest absolute Gasteiger partial charge is 0.430 e. The molecule has 0 aliphatic carbocycles. The second kappa shape index (κ2) is 22.0. The van der Waals surface area contributed by atoms with Gasteiger partial charge in [-0.05, 0) is 103 Å². The average molecular weight is 1190 g/mol. The second-order valence-corrected chi connectivity index (χ2v) is 17.1. The fourth-order valence-electron chi connectivity index (χ4n) is 8.02. The van der Waals surface area contributed by atoms with Crippen molar-refractivity contribution >= 4 is 35.5 Å². The predicted octanol–water partition coefficient (Wildman–Crippen LogP) is 13.8. The van der Waals surface area contributed by atoms with E-state index in [1.807, 2.05) is 0 Å². The van der Waals surface area contributed by atoms with E-state index >= 15 is 26.3 Å². The number of Topliss-reactive ketones (excluding diaryl/α,β-unsaturated/α-hetero) is 1. The lowest BCUT2D eigenvalue weighted by molar-refractivity contribution is -0.376. The van der Waals surface area contributed by atoms with Crippen LogP contribution in [-0.4, -0.2) is 83.6 Å². The Morgan fingerprint density at radius 2 is 0.817 bits per heavy atom. The van der Waals surface area contributed by atoms with Crippen LogP contribution in [0.1, 0.15) is 60.3 Å². The second-order valence-electron chi connectivity index (χ2n) is 17.1. The zero-order chi connectivity index (χ0) is 61.6. The molecule has 13 nitrogen and oxygen atoms in total. The van der Waals surface area contributed by atoms with Crippen LogP contribution in [0.3, 0.4) is 0 Å². The molecule has 5 N–H and O–H groups in total. The molecule has 6 rings (SSSR count). The van der Waals surface area contributed by atoms with Crippen molar-refractivity contribution in [1.82, 2.24) is 0 Å². The van der Waals surface area contributed by atoms with Crippen molar-refractivity contribution in [3.05, 3.63) is 160 Å². The monoisotopic (exact) mass is 1190 g/mol. The van der Waals surface area contributed by atoms with E-state index in [2.05, 4.69) is 5.32 Å². The number of rotatable bonds is 17. The van der Waals surface area contributed by atoms with E-state index in [0.29, 0.717) is 54.6 Å². The summed E-state index contributed by atoms with van der Waals surface area (Å²) in [6.07, 6.45) is -38.9. The Bertz CT molecular complexity index is 3350. The molecule has 0 fully saturated rings. The highest BCUT2D eigenvalue weighted by Gasteiger charge is 2.74. The van der Waals surface area contributed by atoms with Gasteiger partial charge in [0.15, 0.2) is 5.78 Å². The minimum atomic E-state index is -6.72. The first-order valence-electron chi connectivity index (χ1n) is 22.2. The maximum absolute atomic E-state index is 15.1. The number of aliphatic hydroxyl groups is 2. The van der Waals surface area contributed by atoms with Crippen molar-refractivity contribution in [2.45, 2.75) is 60.6 Å². The molecule has 0 unspecified atom stereocenters. The number of carboxylic acids is 1. The summed E-state index contributed by atoms with van der Waals surface area (Å²) in [7, 11) is 0.902. The number of ketones is 1. The summed E-state index contributed by atoms with van der Waals surface area (Å²) in [5.74, 6) is -9.12. The molecule has 0 bridgehead atoms. The van der Waals surface area contributed by atoms with Crippen molar-refractivity contribution in [2.24, 2.45) is 0 Å². The number of benzene rings is 6. The molecule has 0 atom stereocenters. The molecule has 6 aromatic carbocycles. The summed E-state index contributed by atoms with van der Waals surface area (Å²) in [5.41, 5.74) is -28.1. The number of carboxylic acid groups (broad SMARTS) is 1. The van der Waals surface area contributed by atoms with Crippen LogP contribution in [-0.2, 0) is 21.4 Å². The standard InChI is InChI=1S/C51H32F18N2O11/c1-24(73)38-21-34(12-14-40(38)79-23-72)81-32-9-5-26(6-10-32)43(46(52,53)54,47(55,56)57)25-3-7-31(8-4-25)80-33-11-13-37(42(75)76)39(22-33)41(74)71-30-16-28(45(78,50(64,65)66)51(67,68)69)18-36(20-30)82-35-17-27(15-29(19-35)70-2)44(77,48(58,59)60)49(61,62)63/h3-23,70,77-78H,1-2H3,(H,71,74)(H,75,76). The number of halogens is 18. The number of nitrogens with one attached hydrogen (secondary N) is 2. The lowest BCUT2D eigenvalue weighted by Gasteiger charge is -2.38. The largest absolute Gasteiger partial charge is 0.478 e. The molecule has 0 saturated heterocycles. The van der Waals surface area contributed by atoms with Crippen LogP contribution in [0.2, 0.25) is 0 Å². The highest BCUT2D eigenvalue weighted by molar-refractivity contribution is 6.11. The molecule has 31 heteroatoms. The SMILES string of the molecule is CNc1cc(Oc2cc(NC(=O)c3cc(Oc4ccc(C(c5ccc(Oc6ccc(OC=O)c(C(C)=O)c6)cc5)(C(F)(F)F)C(F)(F)F)cc4)ccc3C(=O)O)cc(C(O)(C(F)(F)F)C(F)(F)F)c2)cc(C(O)(C(F)(F)F)C(F)(F)F)c1. The van der Waals surface area contributed by atoms with Gasteiger partial charge in [-0.3, -0.25) is 14.4 Å². The van der Waals surface area contributed by atoms with Crippen molar-refractivity contribution in [2.75, 3.05) is 17.7 Å². The van der Waals surface area contributed by atoms with Gasteiger partial charge in [0.2, 0.25) is 5.41 Å². The number of carbonyl (C=O) groups excluding carboxylic acids is 3. The Balaban J connectivity index is 1.37. The Labute approximate surface area is 446 Å². The third-order valence-corrected chi connectivity index (χ3v) is 11.9. The number of ether oxygens (including phenoxy) is 4. The van der Waals surface area contributed by atoms with Gasteiger partial charge in [-0.25, -0.2) is 4.79 Å². The van der Waals surface area contributed by atoms with Gasteiger partial charge in [0.25, 0.3) is 23.6 Å². The minimum absolute atomic E-state index is 0.0131. The van der Waals surface area contributed by atoms with Crippen LogP contribution in [0.25, 0.3) is 0 Å². The van der Waals surface area contributed by atoms with Gasteiger partial charge >= 0.3 is 43.0 Å². The third kappa shape index (κ3) is 11.9. The van der Waals surface area contributed by atoms with E-state index in [1.165, 1.54) is 0 Å².